The highest BCUT2D eigenvalue weighted by molar-refractivity contribution is 6.39. The van der Waals surface area contributed by atoms with E-state index in [1.54, 1.807) is 30.1 Å². The topological polar surface area (TPSA) is 49.4 Å². The first-order valence-electron chi connectivity index (χ1n) is 9.41. The van der Waals surface area contributed by atoms with Gasteiger partial charge in [0.15, 0.2) is 0 Å². The first-order chi connectivity index (χ1) is 12.4. The predicted molar refractivity (Wildman–Crippen MR) is 103 cm³/mol. The van der Waals surface area contributed by atoms with Gasteiger partial charge in [0.25, 0.3) is 0 Å². The first-order valence-corrected chi connectivity index (χ1v) is 10.2. The molecule has 0 aromatic heterocycles. The zero-order valence-electron chi connectivity index (χ0n) is 14.9. The minimum atomic E-state index is -0.278. The zero-order valence-corrected chi connectivity index (χ0v) is 16.4. The smallest absolute Gasteiger partial charge is 0.244 e. The third-order valence-electron chi connectivity index (χ3n) is 6.50. The van der Waals surface area contributed by atoms with Crippen molar-refractivity contribution >= 4 is 40.7 Å². The van der Waals surface area contributed by atoms with Crippen molar-refractivity contribution in [3.63, 3.8) is 0 Å². The van der Waals surface area contributed by atoms with Crippen molar-refractivity contribution in [2.24, 2.45) is 29.6 Å². The average molecular weight is 395 g/mol. The molecule has 0 atom stereocenters. The van der Waals surface area contributed by atoms with Gasteiger partial charge in [-0.05, 0) is 67.9 Å². The molecule has 1 N–H and O–H groups in total. The van der Waals surface area contributed by atoms with E-state index in [2.05, 4.69) is 5.32 Å². The van der Waals surface area contributed by atoms with Gasteiger partial charge >= 0.3 is 0 Å². The van der Waals surface area contributed by atoms with Crippen LogP contribution in [0, 0.1) is 29.6 Å². The minimum absolute atomic E-state index is 0.0170. The molecule has 0 aliphatic heterocycles. The van der Waals surface area contributed by atoms with E-state index in [1.807, 2.05) is 0 Å². The normalized spacial score (nSPS) is 31.7. The maximum atomic E-state index is 13.0. The van der Waals surface area contributed by atoms with Gasteiger partial charge in [0.1, 0.15) is 0 Å². The van der Waals surface area contributed by atoms with Crippen LogP contribution in [0.4, 0.5) is 5.69 Å². The van der Waals surface area contributed by atoms with E-state index in [0.717, 1.165) is 11.8 Å². The third kappa shape index (κ3) is 3.34. The Bertz CT molecular complexity index is 688. The van der Waals surface area contributed by atoms with Crippen molar-refractivity contribution in [1.29, 1.82) is 0 Å². The Morgan fingerprint density at radius 3 is 2.12 bits per heavy atom. The van der Waals surface area contributed by atoms with E-state index in [1.165, 1.54) is 32.1 Å². The molecule has 6 heteroatoms. The van der Waals surface area contributed by atoms with Crippen molar-refractivity contribution in [2.75, 3.05) is 18.9 Å². The van der Waals surface area contributed by atoms with Crippen LogP contribution < -0.4 is 5.32 Å². The minimum Gasteiger partial charge on any atom is -0.336 e. The van der Waals surface area contributed by atoms with Crippen LogP contribution in [0.1, 0.15) is 32.1 Å². The van der Waals surface area contributed by atoms with Gasteiger partial charge < -0.3 is 10.2 Å². The van der Waals surface area contributed by atoms with Crippen LogP contribution in [0.15, 0.2) is 18.2 Å². The number of carbonyl (C=O) groups excluding carboxylic acids is 2. The summed E-state index contributed by atoms with van der Waals surface area (Å²) >= 11 is 12.2. The van der Waals surface area contributed by atoms with E-state index in [0.29, 0.717) is 27.6 Å². The molecule has 1 aromatic carbocycles. The highest BCUT2D eigenvalue weighted by Gasteiger charge is 2.51. The van der Waals surface area contributed by atoms with E-state index in [-0.39, 0.29) is 24.3 Å². The second-order valence-corrected chi connectivity index (χ2v) is 9.11. The summed E-state index contributed by atoms with van der Waals surface area (Å²) in [5.41, 5.74) is 0.399. The zero-order chi connectivity index (χ0) is 18.4. The maximum absolute atomic E-state index is 13.0. The summed E-state index contributed by atoms with van der Waals surface area (Å²) in [4.78, 5) is 27.0. The summed E-state index contributed by atoms with van der Waals surface area (Å²) in [6.07, 6.45) is 6.14. The van der Waals surface area contributed by atoms with E-state index < -0.39 is 0 Å². The van der Waals surface area contributed by atoms with Crippen LogP contribution in [-0.4, -0.2) is 30.3 Å². The predicted octanol–water partition coefficient (Wildman–Crippen LogP) is 4.46. The molecule has 2 amide bonds. The molecule has 4 saturated carbocycles. The van der Waals surface area contributed by atoms with Gasteiger partial charge in [0.2, 0.25) is 11.8 Å². The summed E-state index contributed by atoms with van der Waals surface area (Å²) in [6.45, 7) is 0.0170. The summed E-state index contributed by atoms with van der Waals surface area (Å²) in [5.74, 6) is 2.64. The molecule has 0 heterocycles. The highest BCUT2D eigenvalue weighted by Crippen LogP contribution is 2.56. The Kier molecular flexibility index (Phi) is 4.91. The number of likely N-dealkylation sites (N-methyl/N-ethyl adjacent to an activating group) is 1. The van der Waals surface area contributed by atoms with Crippen LogP contribution in [0.2, 0.25) is 10.0 Å². The number of para-hydroxylation sites is 1. The molecule has 4 nitrogen and oxygen atoms in total. The number of nitrogens with one attached hydrogen (secondary N) is 1. The molecular weight excluding hydrogens is 371 g/mol. The summed E-state index contributed by atoms with van der Waals surface area (Å²) in [6, 6.07) is 5.07. The Balaban J connectivity index is 1.39. The van der Waals surface area contributed by atoms with Crippen molar-refractivity contribution in [3.05, 3.63) is 28.2 Å². The Morgan fingerprint density at radius 2 is 1.58 bits per heavy atom. The molecule has 0 saturated heterocycles. The number of benzene rings is 1. The Labute approximate surface area is 164 Å². The fourth-order valence-corrected chi connectivity index (χ4v) is 6.16. The van der Waals surface area contributed by atoms with Gasteiger partial charge in [-0.25, -0.2) is 0 Å². The van der Waals surface area contributed by atoms with Crippen LogP contribution >= 0.6 is 23.2 Å². The largest absolute Gasteiger partial charge is 0.336 e. The van der Waals surface area contributed by atoms with Gasteiger partial charge in [-0.2, -0.15) is 0 Å². The summed E-state index contributed by atoms with van der Waals surface area (Å²) < 4.78 is 0. The number of anilines is 1. The van der Waals surface area contributed by atoms with Gasteiger partial charge in [0, 0.05) is 13.0 Å². The molecule has 5 rings (SSSR count). The molecule has 140 valence electrons. The first kappa shape index (κ1) is 18.1. The van der Waals surface area contributed by atoms with Crippen LogP contribution in [0.3, 0.4) is 0 Å². The monoisotopic (exact) mass is 394 g/mol. The average Bonchev–Trinajstić information content (AvgIpc) is 2.57. The maximum Gasteiger partial charge on any atom is 0.244 e. The fourth-order valence-electron chi connectivity index (χ4n) is 5.67. The number of hydrogen-bond acceptors (Lipinski definition) is 2. The highest BCUT2D eigenvalue weighted by atomic mass is 35.5. The lowest BCUT2D eigenvalue weighted by Gasteiger charge is -2.54. The van der Waals surface area contributed by atoms with Crippen molar-refractivity contribution in [2.45, 2.75) is 32.1 Å². The van der Waals surface area contributed by atoms with Crippen molar-refractivity contribution in [1.82, 2.24) is 4.90 Å². The summed E-state index contributed by atoms with van der Waals surface area (Å²) in [5, 5.41) is 3.51. The standard InChI is InChI=1S/C20H24Cl2N2O2/c1-24(10-17(25)23-19-15(21)3-2-4-16(19)22)20(26)18-13-6-11-5-12(8-13)9-14(18)7-11/h2-4,11-14,18H,5-10H2,1H3,(H,23,25). The van der Waals surface area contributed by atoms with Gasteiger partial charge in [-0.3, -0.25) is 9.59 Å². The van der Waals surface area contributed by atoms with Crippen molar-refractivity contribution in [3.8, 4) is 0 Å². The number of halogens is 2. The summed E-state index contributed by atoms with van der Waals surface area (Å²) in [7, 11) is 1.72. The van der Waals surface area contributed by atoms with E-state index in [4.69, 9.17) is 23.2 Å². The van der Waals surface area contributed by atoms with Gasteiger partial charge in [-0.15, -0.1) is 0 Å². The number of rotatable bonds is 4. The van der Waals surface area contributed by atoms with Crippen LogP contribution in [-0.2, 0) is 9.59 Å². The molecule has 4 aliphatic rings. The van der Waals surface area contributed by atoms with Crippen molar-refractivity contribution < 1.29 is 9.59 Å². The van der Waals surface area contributed by atoms with E-state index in [9.17, 15) is 9.59 Å². The SMILES string of the molecule is CN(CC(=O)Nc1c(Cl)cccc1Cl)C(=O)C1C2CC3CC(C2)CC1C3. The number of amides is 2. The molecule has 1 aromatic rings. The molecule has 4 aliphatic carbocycles. The van der Waals surface area contributed by atoms with Gasteiger partial charge in [-0.1, -0.05) is 29.3 Å². The number of hydrogen-bond donors (Lipinski definition) is 1. The third-order valence-corrected chi connectivity index (χ3v) is 7.13. The second kappa shape index (κ2) is 7.05. The number of carbonyl (C=O) groups is 2. The Hall–Kier alpha value is -1.26. The molecule has 0 spiro atoms. The Morgan fingerprint density at radius 1 is 1.04 bits per heavy atom. The molecular formula is C20H24Cl2N2O2. The molecule has 4 fully saturated rings. The fraction of sp³-hybridized carbons (Fsp3) is 0.600. The van der Waals surface area contributed by atoms with Gasteiger partial charge in [0.05, 0.1) is 22.3 Å². The molecule has 4 bridgehead atoms. The number of nitrogens with zero attached hydrogens (tertiary/aromatic N) is 1. The second-order valence-electron chi connectivity index (χ2n) is 8.30. The lowest BCUT2D eigenvalue weighted by atomic mass is 9.51. The van der Waals surface area contributed by atoms with E-state index >= 15 is 0 Å². The van der Waals surface area contributed by atoms with Crippen LogP contribution in [0.5, 0.6) is 0 Å². The molecule has 26 heavy (non-hydrogen) atoms. The molecule has 0 radical (unpaired) electrons. The van der Waals surface area contributed by atoms with Crippen LogP contribution in [0.25, 0.3) is 0 Å². The lowest BCUT2D eigenvalue weighted by Crippen LogP contribution is -2.52. The quantitative estimate of drug-likeness (QED) is 0.818. The lowest BCUT2D eigenvalue weighted by molar-refractivity contribution is -0.149. The molecule has 0 unspecified atom stereocenters.